The van der Waals surface area contributed by atoms with Gasteiger partial charge in [0.1, 0.15) is 11.5 Å². The molecule has 4 heteroatoms. The van der Waals surface area contributed by atoms with Crippen molar-refractivity contribution in [3.05, 3.63) is 22.2 Å². The molecular formula is C11H16BrNO2. The van der Waals surface area contributed by atoms with Crippen molar-refractivity contribution in [2.45, 2.75) is 19.4 Å². The van der Waals surface area contributed by atoms with Gasteiger partial charge in [0.05, 0.1) is 18.7 Å². The maximum absolute atomic E-state index is 6.09. The lowest BCUT2D eigenvalue weighted by molar-refractivity contribution is 0.382. The minimum atomic E-state index is -0.487. The van der Waals surface area contributed by atoms with Crippen molar-refractivity contribution in [3.63, 3.8) is 0 Å². The average molecular weight is 274 g/mol. The van der Waals surface area contributed by atoms with Crippen LogP contribution in [0.25, 0.3) is 0 Å². The summed E-state index contributed by atoms with van der Waals surface area (Å²) in [6.07, 6.45) is 0. The number of methoxy groups -OCH3 is 2. The zero-order chi connectivity index (χ0) is 11.6. The van der Waals surface area contributed by atoms with Crippen LogP contribution < -0.4 is 15.2 Å². The van der Waals surface area contributed by atoms with Gasteiger partial charge in [0.15, 0.2) is 0 Å². The Morgan fingerprint density at radius 2 is 1.60 bits per heavy atom. The van der Waals surface area contributed by atoms with Crippen LogP contribution in [0.4, 0.5) is 0 Å². The lowest BCUT2D eigenvalue weighted by Crippen LogP contribution is -2.29. The minimum Gasteiger partial charge on any atom is -0.496 e. The second kappa shape index (κ2) is 4.41. The number of rotatable bonds is 3. The highest BCUT2D eigenvalue weighted by atomic mass is 79.9. The molecule has 0 saturated carbocycles. The summed E-state index contributed by atoms with van der Waals surface area (Å²) in [6, 6.07) is 3.70. The molecule has 0 aliphatic heterocycles. The Balaban J connectivity index is 3.43. The fraction of sp³-hybridized carbons (Fsp3) is 0.455. The number of hydrogen-bond donors (Lipinski definition) is 1. The van der Waals surface area contributed by atoms with Gasteiger partial charge in [0.2, 0.25) is 0 Å². The van der Waals surface area contributed by atoms with Crippen LogP contribution in [-0.4, -0.2) is 14.2 Å². The Morgan fingerprint density at radius 3 is 2.00 bits per heavy atom. The van der Waals surface area contributed by atoms with Crippen molar-refractivity contribution < 1.29 is 9.47 Å². The molecule has 1 rings (SSSR count). The Kier molecular flexibility index (Phi) is 3.62. The van der Waals surface area contributed by atoms with Crippen molar-refractivity contribution in [3.8, 4) is 11.5 Å². The molecule has 1 aromatic carbocycles. The molecule has 0 fully saturated rings. The van der Waals surface area contributed by atoms with Crippen LogP contribution in [0, 0.1) is 0 Å². The maximum atomic E-state index is 6.09. The van der Waals surface area contributed by atoms with Crippen LogP contribution in [0.15, 0.2) is 16.6 Å². The van der Waals surface area contributed by atoms with E-state index >= 15 is 0 Å². The molecule has 84 valence electrons. The number of benzene rings is 1. The van der Waals surface area contributed by atoms with Crippen molar-refractivity contribution in [2.75, 3.05) is 14.2 Å². The summed E-state index contributed by atoms with van der Waals surface area (Å²) < 4.78 is 11.4. The van der Waals surface area contributed by atoms with Gasteiger partial charge in [0.25, 0.3) is 0 Å². The van der Waals surface area contributed by atoms with E-state index in [0.29, 0.717) is 0 Å². The summed E-state index contributed by atoms with van der Waals surface area (Å²) in [7, 11) is 3.25. The third-order valence-corrected chi connectivity index (χ3v) is 2.94. The summed E-state index contributed by atoms with van der Waals surface area (Å²) in [4.78, 5) is 0. The zero-order valence-corrected chi connectivity index (χ0v) is 11.0. The van der Waals surface area contributed by atoms with Gasteiger partial charge < -0.3 is 15.2 Å². The summed E-state index contributed by atoms with van der Waals surface area (Å²) in [5, 5.41) is 0. The van der Waals surface area contributed by atoms with Crippen LogP contribution in [0.5, 0.6) is 11.5 Å². The normalized spacial score (nSPS) is 11.3. The molecule has 0 aliphatic carbocycles. The number of nitrogens with two attached hydrogens (primary N) is 1. The largest absolute Gasteiger partial charge is 0.496 e. The monoisotopic (exact) mass is 273 g/mol. The SMILES string of the molecule is COc1ccc(OC)c(C(C)(C)N)c1Br. The minimum absolute atomic E-state index is 0.487. The molecule has 0 heterocycles. The summed E-state index contributed by atoms with van der Waals surface area (Å²) in [5.41, 5.74) is 6.51. The molecule has 2 N–H and O–H groups in total. The highest BCUT2D eigenvalue weighted by molar-refractivity contribution is 9.10. The third kappa shape index (κ3) is 2.44. The first-order valence-electron chi connectivity index (χ1n) is 4.61. The fourth-order valence-corrected chi connectivity index (χ4v) is 2.47. The molecule has 0 radical (unpaired) electrons. The van der Waals surface area contributed by atoms with Gasteiger partial charge >= 0.3 is 0 Å². The van der Waals surface area contributed by atoms with Crippen molar-refractivity contribution >= 4 is 15.9 Å². The molecular weight excluding hydrogens is 258 g/mol. The highest BCUT2D eigenvalue weighted by Crippen LogP contribution is 2.40. The van der Waals surface area contributed by atoms with Crippen molar-refractivity contribution in [1.29, 1.82) is 0 Å². The van der Waals surface area contributed by atoms with E-state index in [2.05, 4.69) is 15.9 Å². The standard InChI is InChI=1S/C11H16BrNO2/c1-11(2,13)9-7(14-3)5-6-8(15-4)10(9)12/h5-6H,13H2,1-4H3. The van der Waals surface area contributed by atoms with E-state index in [0.717, 1.165) is 21.5 Å². The van der Waals surface area contributed by atoms with Crippen LogP contribution in [0.3, 0.4) is 0 Å². The van der Waals surface area contributed by atoms with E-state index in [1.807, 2.05) is 26.0 Å². The first kappa shape index (κ1) is 12.3. The Bertz CT molecular complexity index is 358. The smallest absolute Gasteiger partial charge is 0.133 e. The molecule has 0 unspecified atom stereocenters. The molecule has 0 bridgehead atoms. The lowest BCUT2D eigenvalue weighted by atomic mass is 9.94. The first-order chi connectivity index (χ1) is 6.91. The van der Waals surface area contributed by atoms with Gasteiger partial charge in [-0.2, -0.15) is 0 Å². The van der Waals surface area contributed by atoms with Gasteiger partial charge in [-0.3, -0.25) is 0 Å². The van der Waals surface area contributed by atoms with E-state index in [-0.39, 0.29) is 0 Å². The van der Waals surface area contributed by atoms with Crippen LogP contribution in [-0.2, 0) is 5.54 Å². The third-order valence-electron chi connectivity index (χ3n) is 2.15. The molecule has 0 saturated heterocycles. The molecule has 0 aromatic heterocycles. The van der Waals surface area contributed by atoms with Gasteiger partial charge in [0, 0.05) is 11.1 Å². The summed E-state index contributed by atoms with van der Waals surface area (Å²) in [6.45, 7) is 3.85. The van der Waals surface area contributed by atoms with Crippen LogP contribution in [0.1, 0.15) is 19.4 Å². The van der Waals surface area contributed by atoms with Gasteiger partial charge in [-0.1, -0.05) is 0 Å². The van der Waals surface area contributed by atoms with E-state index in [4.69, 9.17) is 15.2 Å². The highest BCUT2D eigenvalue weighted by Gasteiger charge is 2.24. The molecule has 1 aromatic rings. The first-order valence-corrected chi connectivity index (χ1v) is 5.41. The molecule has 0 amide bonds. The molecule has 0 aliphatic rings. The van der Waals surface area contributed by atoms with E-state index in [9.17, 15) is 0 Å². The summed E-state index contributed by atoms with van der Waals surface area (Å²) >= 11 is 3.48. The number of hydrogen-bond acceptors (Lipinski definition) is 3. The second-order valence-corrected chi connectivity index (χ2v) is 4.67. The van der Waals surface area contributed by atoms with Gasteiger partial charge in [-0.25, -0.2) is 0 Å². The van der Waals surface area contributed by atoms with E-state index in [1.54, 1.807) is 14.2 Å². The van der Waals surface area contributed by atoms with Crippen molar-refractivity contribution in [2.24, 2.45) is 5.73 Å². The van der Waals surface area contributed by atoms with Gasteiger partial charge in [-0.05, 0) is 41.9 Å². The predicted molar refractivity (Wildman–Crippen MR) is 64.5 cm³/mol. The zero-order valence-electron chi connectivity index (χ0n) is 9.43. The topological polar surface area (TPSA) is 44.5 Å². The molecule has 0 atom stereocenters. The second-order valence-electron chi connectivity index (χ2n) is 3.88. The van der Waals surface area contributed by atoms with E-state index < -0.39 is 5.54 Å². The van der Waals surface area contributed by atoms with Crippen LogP contribution in [0.2, 0.25) is 0 Å². The van der Waals surface area contributed by atoms with Gasteiger partial charge in [-0.15, -0.1) is 0 Å². The maximum Gasteiger partial charge on any atom is 0.133 e. The lowest BCUT2D eigenvalue weighted by Gasteiger charge is -2.24. The molecule has 3 nitrogen and oxygen atoms in total. The number of halogens is 1. The number of ether oxygens (including phenoxy) is 2. The van der Waals surface area contributed by atoms with Crippen LogP contribution >= 0.6 is 15.9 Å². The molecule has 15 heavy (non-hydrogen) atoms. The quantitative estimate of drug-likeness (QED) is 0.921. The van der Waals surface area contributed by atoms with E-state index in [1.165, 1.54) is 0 Å². The Morgan fingerprint density at radius 1 is 1.13 bits per heavy atom. The fourth-order valence-electron chi connectivity index (χ4n) is 1.47. The average Bonchev–Trinajstić information content (AvgIpc) is 2.15. The Hall–Kier alpha value is -0.740. The molecule has 0 spiro atoms. The predicted octanol–water partition coefficient (Wildman–Crippen LogP) is 2.66. The summed E-state index contributed by atoms with van der Waals surface area (Å²) in [5.74, 6) is 1.51. The van der Waals surface area contributed by atoms with Crippen molar-refractivity contribution in [1.82, 2.24) is 0 Å². The Labute approximate surface area is 98.7 Å².